The van der Waals surface area contributed by atoms with E-state index in [1.807, 2.05) is 60.8 Å². The van der Waals surface area contributed by atoms with Crippen LogP contribution in [0.5, 0.6) is 11.5 Å². The van der Waals surface area contributed by atoms with Gasteiger partial charge in [-0.3, -0.25) is 9.59 Å². The van der Waals surface area contributed by atoms with Gasteiger partial charge in [0.1, 0.15) is 17.2 Å². The highest BCUT2D eigenvalue weighted by atomic mass is 16.5. The first-order valence-corrected chi connectivity index (χ1v) is 11.5. The second kappa shape index (κ2) is 9.54. The molecule has 0 saturated heterocycles. The third kappa shape index (κ3) is 4.27. The van der Waals surface area contributed by atoms with Crippen molar-refractivity contribution in [2.45, 2.75) is 6.42 Å². The fraction of sp³-hybridized carbons (Fsp3) is 0.138. The lowest BCUT2D eigenvalue weighted by Crippen LogP contribution is -2.20. The molecule has 0 radical (unpaired) electrons. The lowest BCUT2D eigenvalue weighted by atomic mass is 10.0. The van der Waals surface area contributed by atoms with Gasteiger partial charge in [-0.1, -0.05) is 18.2 Å². The van der Waals surface area contributed by atoms with Crippen LogP contribution in [0.2, 0.25) is 0 Å². The number of allylic oxidation sites excluding steroid dienone is 1. The predicted molar refractivity (Wildman–Crippen MR) is 139 cm³/mol. The molecule has 0 N–H and O–H groups in total. The summed E-state index contributed by atoms with van der Waals surface area (Å²) in [6, 6.07) is 20.6. The number of anilines is 1. The standard InChI is InChI=1S/C29H25N3O4/c1-31-25-12-9-19(15-21(25)16-28(31)34)26(33)13-10-20-18-32(22-7-5-4-6-8-22)30-29(20)24-17-23(35-2)11-14-27(24)36-3/h4-15,17-18H,16H2,1-3H3/b13-10+. The molecule has 36 heavy (non-hydrogen) atoms. The Balaban J connectivity index is 1.54. The summed E-state index contributed by atoms with van der Waals surface area (Å²) in [5.74, 6) is 1.18. The molecule has 1 aromatic heterocycles. The molecular weight excluding hydrogens is 454 g/mol. The zero-order chi connectivity index (χ0) is 25.2. The number of carbonyl (C=O) groups excluding carboxylic acids is 2. The number of nitrogens with zero attached hydrogens (tertiary/aromatic N) is 3. The Labute approximate surface area is 209 Å². The number of carbonyl (C=O) groups is 2. The third-order valence-electron chi connectivity index (χ3n) is 6.28. The van der Waals surface area contributed by atoms with Gasteiger partial charge in [0.25, 0.3) is 0 Å². The van der Waals surface area contributed by atoms with Gasteiger partial charge in [-0.2, -0.15) is 5.10 Å². The lowest BCUT2D eigenvalue weighted by molar-refractivity contribution is -0.117. The van der Waals surface area contributed by atoms with E-state index in [1.165, 1.54) is 6.08 Å². The Morgan fingerprint density at radius 3 is 2.56 bits per heavy atom. The average Bonchev–Trinajstić information content (AvgIpc) is 3.47. The number of para-hydroxylation sites is 1. The molecule has 0 aliphatic carbocycles. The van der Waals surface area contributed by atoms with Gasteiger partial charge in [0.2, 0.25) is 5.91 Å². The molecular formula is C29H25N3O4. The smallest absolute Gasteiger partial charge is 0.231 e. The maximum atomic E-state index is 13.1. The van der Waals surface area contributed by atoms with Gasteiger partial charge < -0.3 is 14.4 Å². The van der Waals surface area contributed by atoms with Crippen LogP contribution in [0.1, 0.15) is 21.5 Å². The first-order chi connectivity index (χ1) is 17.5. The molecule has 0 bridgehead atoms. The van der Waals surface area contributed by atoms with Crippen molar-refractivity contribution < 1.29 is 19.1 Å². The number of hydrogen-bond acceptors (Lipinski definition) is 5. The molecule has 180 valence electrons. The van der Waals surface area contributed by atoms with Crippen molar-refractivity contribution in [1.29, 1.82) is 0 Å². The molecule has 0 spiro atoms. The number of amides is 1. The van der Waals surface area contributed by atoms with E-state index in [0.29, 0.717) is 29.2 Å². The molecule has 7 nitrogen and oxygen atoms in total. The van der Waals surface area contributed by atoms with E-state index in [-0.39, 0.29) is 11.7 Å². The van der Waals surface area contributed by atoms with Crippen LogP contribution < -0.4 is 14.4 Å². The van der Waals surface area contributed by atoms with Crippen molar-refractivity contribution in [3.05, 3.63) is 95.7 Å². The molecule has 3 aromatic carbocycles. The van der Waals surface area contributed by atoms with E-state index in [4.69, 9.17) is 14.6 Å². The molecule has 4 aromatic rings. The van der Waals surface area contributed by atoms with Crippen LogP contribution in [0.4, 0.5) is 5.69 Å². The van der Waals surface area contributed by atoms with E-state index >= 15 is 0 Å². The van der Waals surface area contributed by atoms with Crippen molar-refractivity contribution in [3.8, 4) is 28.4 Å². The monoisotopic (exact) mass is 479 g/mol. The normalized spacial score (nSPS) is 12.8. The minimum absolute atomic E-state index is 0.0235. The lowest BCUT2D eigenvalue weighted by Gasteiger charge is -2.10. The summed E-state index contributed by atoms with van der Waals surface area (Å²) in [7, 11) is 4.96. The fourth-order valence-corrected chi connectivity index (χ4v) is 4.32. The predicted octanol–water partition coefficient (Wildman–Crippen LogP) is 4.97. The largest absolute Gasteiger partial charge is 0.497 e. The molecule has 5 rings (SSSR count). The Bertz CT molecular complexity index is 1490. The Morgan fingerprint density at radius 2 is 1.81 bits per heavy atom. The van der Waals surface area contributed by atoms with Crippen LogP contribution in [0.3, 0.4) is 0 Å². The summed E-state index contributed by atoms with van der Waals surface area (Å²) in [6.45, 7) is 0. The quantitative estimate of drug-likeness (QED) is 0.276. The van der Waals surface area contributed by atoms with Gasteiger partial charge in [0.05, 0.1) is 26.3 Å². The number of methoxy groups -OCH3 is 2. The summed E-state index contributed by atoms with van der Waals surface area (Å²) in [5.41, 5.74) is 5.27. The fourth-order valence-electron chi connectivity index (χ4n) is 4.32. The van der Waals surface area contributed by atoms with Crippen molar-refractivity contribution in [1.82, 2.24) is 9.78 Å². The summed E-state index contributed by atoms with van der Waals surface area (Å²) < 4.78 is 12.8. The van der Waals surface area contributed by atoms with E-state index in [0.717, 1.165) is 28.1 Å². The summed E-state index contributed by atoms with van der Waals surface area (Å²) in [6.07, 6.45) is 5.47. The number of likely N-dealkylation sites (N-methyl/N-ethyl adjacent to an activating group) is 1. The van der Waals surface area contributed by atoms with E-state index in [1.54, 1.807) is 49.1 Å². The average molecular weight is 480 g/mol. The Hall–Kier alpha value is -4.65. The van der Waals surface area contributed by atoms with Gasteiger partial charge in [-0.15, -0.1) is 0 Å². The van der Waals surface area contributed by atoms with E-state index in [2.05, 4.69) is 0 Å². The number of ether oxygens (including phenoxy) is 2. The van der Waals surface area contributed by atoms with Crippen LogP contribution in [0.25, 0.3) is 23.0 Å². The van der Waals surface area contributed by atoms with Gasteiger partial charge >= 0.3 is 0 Å². The molecule has 2 heterocycles. The topological polar surface area (TPSA) is 73.7 Å². The molecule has 1 amide bonds. The number of ketones is 1. The van der Waals surface area contributed by atoms with Gasteiger partial charge in [0.15, 0.2) is 5.78 Å². The number of aromatic nitrogens is 2. The number of benzene rings is 3. The highest BCUT2D eigenvalue weighted by molar-refractivity contribution is 6.09. The molecule has 0 unspecified atom stereocenters. The SMILES string of the molecule is COc1ccc(OC)c(-c2nn(-c3ccccc3)cc2/C=C/C(=O)c2ccc3c(c2)CC(=O)N3C)c1. The Kier molecular flexibility index (Phi) is 6.12. The van der Waals surface area contributed by atoms with Crippen molar-refractivity contribution in [2.75, 3.05) is 26.2 Å². The number of fused-ring (bicyclic) bond motifs is 1. The van der Waals surface area contributed by atoms with Crippen LogP contribution in [0.15, 0.2) is 79.0 Å². The van der Waals surface area contributed by atoms with Gasteiger partial charge in [0, 0.05) is 35.6 Å². The molecule has 0 atom stereocenters. The first kappa shape index (κ1) is 23.1. The zero-order valence-electron chi connectivity index (χ0n) is 20.3. The van der Waals surface area contributed by atoms with Gasteiger partial charge in [-0.25, -0.2) is 4.68 Å². The first-order valence-electron chi connectivity index (χ1n) is 11.5. The highest BCUT2D eigenvalue weighted by Gasteiger charge is 2.24. The summed E-state index contributed by atoms with van der Waals surface area (Å²) in [4.78, 5) is 26.7. The maximum absolute atomic E-state index is 13.1. The second-order valence-electron chi connectivity index (χ2n) is 8.45. The van der Waals surface area contributed by atoms with Crippen LogP contribution in [-0.4, -0.2) is 42.7 Å². The minimum atomic E-state index is -0.157. The summed E-state index contributed by atoms with van der Waals surface area (Å²) in [5, 5.41) is 4.82. The molecule has 7 heteroatoms. The number of hydrogen-bond donors (Lipinski definition) is 0. The second-order valence-corrected chi connectivity index (χ2v) is 8.45. The molecule has 0 fully saturated rings. The van der Waals surface area contributed by atoms with Crippen LogP contribution in [0, 0.1) is 0 Å². The number of rotatable bonds is 7. The van der Waals surface area contributed by atoms with Crippen LogP contribution >= 0.6 is 0 Å². The summed E-state index contributed by atoms with van der Waals surface area (Å²) >= 11 is 0. The van der Waals surface area contributed by atoms with Crippen molar-refractivity contribution >= 4 is 23.5 Å². The van der Waals surface area contributed by atoms with Crippen molar-refractivity contribution in [2.24, 2.45) is 0 Å². The molecule has 1 aliphatic heterocycles. The maximum Gasteiger partial charge on any atom is 0.231 e. The molecule has 0 saturated carbocycles. The van der Waals surface area contributed by atoms with E-state index < -0.39 is 0 Å². The third-order valence-corrected chi connectivity index (χ3v) is 6.28. The zero-order valence-corrected chi connectivity index (χ0v) is 20.3. The Morgan fingerprint density at radius 1 is 1.00 bits per heavy atom. The van der Waals surface area contributed by atoms with Crippen LogP contribution in [-0.2, 0) is 11.2 Å². The van der Waals surface area contributed by atoms with Gasteiger partial charge in [-0.05, 0) is 66.2 Å². The molecule has 1 aliphatic rings. The van der Waals surface area contributed by atoms with Crippen molar-refractivity contribution in [3.63, 3.8) is 0 Å². The highest BCUT2D eigenvalue weighted by Crippen LogP contribution is 2.35. The minimum Gasteiger partial charge on any atom is -0.497 e. The van der Waals surface area contributed by atoms with E-state index in [9.17, 15) is 9.59 Å².